The molecule has 4 nitrogen and oxygen atoms in total. The van der Waals surface area contributed by atoms with Crippen molar-refractivity contribution in [1.29, 1.82) is 0 Å². The van der Waals surface area contributed by atoms with Gasteiger partial charge in [-0.1, -0.05) is 12.1 Å². The molecule has 0 radical (unpaired) electrons. The van der Waals surface area contributed by atoms with Crippen LogP contribution >= 0.6 is 0 Å². The molecule has 2 aromatic rings. The van der Waals surface area contributed by atoms with Crippen LogP contribution in [0.2, 0.25) is 0 Å². The minimum absolute atomic E-state index is 0.550. The van der Waals surface area contributed by atoms with E-state index in [1.165, 1.54) is 31.5 Å². The summed E-state index contributed by atoms with van der Waals surface area (Å²) in [6.45, 7) is 6.60. The molecule has 0 spiro atoms. The van der Waals surface area contributed by atoms with E-state index in [1.54, 1.807) is 7.11 Å². The average Bonchev–Trinajstić information content (AvgIpc) is 3.28. The van der Waals surface area contributed by atoms with Crippen molar-refractivity contribution in [3.05, 3.63) is 53.5 Å². The topological polar surface area (TPSA) is 28.9 Å². The fourth-order valence-electron chi connectivity index (χ4n) is 5.66. The maximum atomic E-state index is 5.91. The number of furan rings is 1. The normalized spacial score (nSPS) is 33.4. The van der Waals surface area contributed by atoms with Crippen LogP contribution in [0.15, 0.2) is 40.8 Å². The maximum absolute atomic E-state index is 5.91. The molecule has 0 saturated carbocycles. The van der Waals surface area contributed by atoms with Crippen molar-refractivity contribution < 1.29 is 9.15 Å². The molecule has 6 rings (SSSR count). The van der Waals surface area contributed by atoms with E-state index in [4.69, 9.17) is 9.15 Å². The van der Waals surface area contributed by atoms with Crippen molar-refractivity contribution in [1.82, 2.24) is 9.80 Å². The lowest BCUT2D eigenvalue weighted by molar-refractivity contribution is -0.0102. The van der Waals surface area contributed by atoms with Crippen LogP contribution in [-0.2, 0) is 6.54 Å². The van der Waals surface area contributed by atoms with Crippen molar-refractivity contribution in [2.24, 2.45) is 5.92 Å². The number of benzene rings is 1. The molecule has 0 unspecified atom stereocenters. The van der Waals surface area contributed by atoms with Gasteiger partial charge in [-0.3, -0.25) is 9.80 Å². The van der Waals surface area contributed by atoms with E-state index in [-0.39, 0.29) is 0 Å². The quantitative estimate of drug-likeness (QED) is 0.840. The highest BCUT2D eigenvalue weighted by molar-refractivity contribution is 5.34. The molecule has 2 bridgehead atoms. The van der Waals surface area contributed by atoms with Gasteiger partial charge in [-0.15, -0.1) is 0 Å². The number of piperidine rings is 3. The van der Waals surface area contributed by atoms with Crippen LogP contribution in [0, 0.1) is 12.8 Å². The molecule has 1 aromatic carbocycles. The third-order valence-electron chi connectivity index (χ3n) is 6.77. The van der Waals surface area contributed by atoms with E-state index in [0.29, 0.717) is 18.0 Å². The zero-order valence-corrected chi connectivity index (χ0v) is 15.7. The molecule has 1 aromatic heterocycles. The Morgan fingerprint density at radius 3 is 2.69 bits per heavy atom. The molecule has 4 fully saturated rings. The Morgan fingerprint density at radius 1 is 1.12 bits per heavy atom. The highest BCUT2D eigenvalue weighted by Crippen LogP contribution is 2.47. The summed E-state index contributed by atoms with van der Waals surface area (Å²) in [4.78, 5) is 5.45. The predicted molar refractivity (Wildman–Crippen MR) is 101 cm³/mol. The van der Waals surface area contributed by atoms with Crippen molar-refractivity contribution in [3.63, 3.8) is 0 Å². The number of ether oxygens (including phenoxy) is 1. The maximum Gasteiger partial charge on any atom is 0.119 e. The monoisotopic (exact) mass is 352 g/mol. The first kappa shape index (κ1) is 16.4. The predicted octanol–water partition coefficient (Wildman–Crippen LogP) is 3.66. The molecule has 0 N–H and O–H groups in total. The van der Waals surface area contributed by atoms with Crippen molar-refractivity contribution >= 4 is 0 Å². The largest absolute Gasteiger partial charge is 0.497 e. The first-order valence-corrected chi connectivity index (χ1v) is 9.90. The minimum Gasteiger partial charge on any atom is -0.497 e. The highest BCUT2D eigenvalue weighted by atomic mass is 16.5. The lowest BCUT2D eigenvalue weighted by Gasteiger charge is -2.51. The van der Waals surface area contributed by atoms with Crippen LogP contribution in [0.5, 0.6) is 5.75 Å². The molecule has 26 heavy (non-hydrogen) atoms. The number of fused-ring (bicyclic) bond motifs is 2. The molecule has 4 heteroatoms. The molecule has 138 valence electrons. The summed E-state index contributed by atoms with van der Waals surface area (Å²) in [5.74, 6) is 4.46. The molecular formula is C22H28N2O2. The third-order valence-corrected chi connectivity index (χ3v) is 6.77. The lowest BCUT2D eigenvalue weighted by Crippen LogP contribution is -2.59. The molecular weight excluding hydrogens is 324 g/mol. The second kappa shape index (κ2) is 6.43. The van der Waals surface area contributed by atoms with Gasteiger partial charge < -0.3 is 9.15 Å². The van der Waals surface area contributed by atoms with Gasteiger partial charge in [0.05, 0.1) is 13.7 Å². The Morgan fingerprint density at radius 2 is 1.96 bits per heavy atom. The summed E-state index contributed by atoms with van der Waals surface area (Å²) >= 11 is 0. The fraction of sp³-hybridized carbons (Fsp3) is 0.545. The number of hydrogen-bond acceptors (Lipinski definition) is 4. The first-order chi connectivity index (χ1) is 12.7. The van der Waals surface area contributed by atoms with Crippen LogP contribution in [0.3, 0.4) is 0 Å². The van der Waals surface area contributed by atoms with Gasteiger partial charge in [0.25, 0.3) is 0 Å². The van der Waals surface area contributed by atoms with Crippen LogP contribution < -0.4 is 4.74 Å². The van der Waals surface area contributed by atoms with Crippen LogP contribution in [0.4, 0.5) is 0 Å². The van der Waals surface area contributed by atoms with Gasteiger partial charge in [0.1, 0.15) is 17.3 Å². The summed E-state index contributed by atoms with van der Waals surface area (Å²) in [7, 11) is 1.76. The Balaban J connectivity index is 1.48. The van der Waals surface area contributed by atoms with E-state index < -0.39 is 0 Å². The molecule has 4 aliphatic heterocycles. The SMILES string of the molecule is COc1cccc([C@H]2CN(Cc3ccc(C)o3)[C@@H]3C4CCN(CC4)[C@H]23)c1. The summed E-state index contributed by atoms with van der Waals surface area (Å²) in [6.07, 6.45) is 2.69. The van der Waals surface area contributed by atoms with Gasteiger partial charge in [-0.25, -0.2) is 0 Å². The number of methoxy groups -OCH3 is 1. The van der Waals surface area contributed by atoms with Gasteiger partial charge in [0, 0.05) is 24.5 Å². The molecule has 4 aliphatic rings. The summed E-state index contributed by atoms with van der Waals surface area (Å²) < 4.78 is 11.4. The Labute approximate surface area is 155 Å². The van der Waals surface area contributed by atoms with Crippen LogP contribution in [-0.4, -0.2) is 48.6 Å². The average molecular weight is 352 g/mol. The van der Waals surface area contributed by atoms with E-state index >= 15 is 0 Å². The van der Waals surface area contributed by atoms with Crippen molar-refractivity contribution in [2.45, 2.75) is 44.3 Å². The molecule has 0 amide bonds. The molecule has 3 atom stereocenters. The van der Waals surface area contributed by atoms with E-state index in [9.17, 15) is 0 Å². The zero-order valence-electron chi connectivity index (χ0n) is 15.7. The third kappa shape index (κ3) is 2.67. The Hall–Kier alpha value is -1.78. The van der Waals surface area contributed by atoms with Gasteiger partial charge in [-0.2, -0.15) is 0 Å². The summed E-state index contributed by atoms with van der Waals surface area (Å²) in [6, 6.07) is 14.2. The van der Waals surface area contributed by atoms with Gasteiger partial charge >= 0.3 is 0 Å². The second-order valence-corrected chi connectivity index (χ2v) is 8.18. The van der Waals surface area contributed by atoms with Gasteiger partial charge in [0.2, 0.25) is 0 Å². The minimum atomic E-state index is 0.550. The summed E-state index contributed by atoms with van der Waals surface area (Å²) in [5, 5.41) is 0. The van der Waals surface area contributed by atoms with Crippen LogP contribution in [0.25, 0.3) is 0 Å². The molecule has 0 aliphatic carbocycles. The number of likely N-dealkylation sites (tertiary alicyclic amines) is 1. The van der Waals surface area contributed by atoms with E-state index in [0.717, 1.165) is 36.3 Å². The van der Waals surface area contributed by atoms with Gasteiger partial charge in [-0.05, 0) is 68.6 Å². The zero-order chi connectivity index (χ0) is 17.7. The lowest BCUT2D eigenvalue weighted by atomic mass is 9.75. The Bertz CT molecular complexity index is 778. The van der Waals surface area contributed by atoms with E-state index in [2.05, 4.69) is 40.1 Å². The highest BCUT2D eigenvalue weighted by Gasteiger charge is 2.53. The molecule has 5 heterocycles. The standard InChI is InChI=1S/C22H28N2O2/c1-15-6-7-19(26-15)13-24-14-20(17-4-3-5-18(12-17)25-2)22-21(24)16-8-10-23(22)11-9-16/h3-7,12,16,20-22H,8-11,13-14H2,1-2H3/t20-,21-,22-/m1/s1. The van der Waals surface area contributed by atoms with Crippen molar-refractivity contribution in [3.8, 4) is 5.75 Å². The van der Waals surface area contributed by atoms with Crippen molar-refractivity contribution in [2.75, 3.05) is 26.7 Å². The number of aryl methyl sites for hydroxylation is 1. The smallest absolute Gasteiger partial charge is 0.119 e. The first-order valence-electron chi connectivity index (χ1n) is 9.90. The number of hydrogen-bond donors (Lipinski definition) is 0. The van der Waals surface area contributed by atoms with Gasteiger partial charge in [0.15, 0.2) is 0 Å². The number of nitrogens with zero attached hydrogens (tertiary/aromatic N) is 2. The fourth-order valence-corrected chi connectivity index (χ4v) is 5.66. The second-order valence-electron chi connectivity index (χ2n) is 8.18. The molecule has 4 saturated heterocycles. The Kier molecular flexibility index (Phi) is 4.06. The number of rotatable bonds is 4. The summed E-state index contributed by atoms with van der Waals surface area (Å²) in [5.41, 5.74) is 1.42. The van der Waals surface area contributed by atoms with Crippen LogP contribution in [0.1, 0.15) is 35.8 Å². The van der Waals surface area contributed by atoms with E-state index in [1.807, 2.05) is 13.0 Å².